The summed E-state index contributed by atoms with van der Waals surface area (Å²) in [5.74, 6) is 0. The van der Waals surface area contributed by atoms with Crippen molar-refractivity contribution < 1.29 is 4.42 Å². The van der Waals surface area contributed by atoms with Crippen LogP contribution >= 0.6 is 11.3 Å². The predicted octanol–water partition coefficient (Wildman–Crippen LogP) is 17.9. The van der Waals surface area contributed by atoms with Gasteiger partial charge in [0.1, 0.15) is 11.2 Å². The SMILES string of the molecule is CC1(C)c2cc(-c3ccc4oc5cc6c(ccc7c8ccccc8sc67)cc5c4c3)ccc2-c2ccc(-c3c4ccccc4c(-c4cccc5ccccc45)c4ccccc34)cc21. The fourth-order valence-corrected chi connectivity index (χ4v) is 12.4. The number of rotatable bonds is 3. The maximum Gasteiger partial charge on any atom is 0.136 e. The minimum absolute atomic E-state index is 0.200. The molecule has 0 N–H and O–H groups in total. The van der Waals surface area contributed by atoms with Crippen LogP contribution in [0.25, 0.3) is 130 Å². The third-order valence-corrected chi connectivity index (χ3v) is 15.5. The van der Waals surface area contributed by atoms with Gasteiger partial charge in [-0.05, 0) is 136 Å². The predicted molar refractivity (Wildman–Crippen MR) is 271 cm³/mol. The van der Waals surface area contributed by atoms with Crippen LogP contribution in [-0.4, -0.2) is 0 Å². The van der Waals surface area contributed by atoms with E-state index in [-0.39, 0.29) is 5.41 Å². The first-order valence-electron chi connectivity index (χ1n) is 21.9. The van der Waals surface area contributed by atoms with Crippen molar-refractivity contribution in [1.29, 1.82) is 0 Å². The highest BCUT2D eigenvalue weighted by atomic mass is 32.1. The Morgan fingerprint density at radius 3 is 1.70 bits per heavy atom. The molecule has 0 amide bonds. The van der Waals surface area contributed by atoms with Crippen molar-refractivity contribution in [3.63, 3.8) is 0 Å². The second-order valence-electron chi connectivity index (χ2n) is 17.9. The van der Waals surface area contributed by atoms with Crippen LogP contribution in [-0.2, 0) is 5.41 Å². The molecule has 2 aromatic heterocycles. The maximum absolute atomic E-state index is 6.58. The maximum atomic E-state index is 6.58. The lowest BCUT2D eigenvalue weighted by molar-refractivity contribution is 0.661. The largest absolute Gasteiger partial charge is 0.456 e. The van der Waals surface area contributed by atoms with Gasteiger partial charge in [-0.1, -0.05) is 166 Å². The number of furan rings is 1. The van der Waals surface area contributed by atoms with Crippen LogP contribution in [0.3, 0.4) is 0 Å². The van der Waals surface area contributed by atoms with Crippen molar-refractivity contribution >= 4 is 96.5 Å². The van der Waals surface area contributed by atoms with Crippen molar-refractivity contribution in [1.82, 2.24) is 0 Å². The lowest BCUT2D eigenvalue weighted by Gasteiger charge is -2.23. The second-order valence-corrected chi connectivity index (χ2v) is 19.0. The normalized spacial score (nSPS) is 13.4. The fourth-order valence-electron chi connectivity index (χ4n) is 11.2. The van der Waals surface area contributed by atoms with Gasteiger partial charge in [0.2, 0.25) is 0 Å². The van der Waals surface area contributed by atoms with Gasteiger partial charge in [-0.15, -0.1) is 11.3 Å². The van der Waals surface area contributed by atoms with Crippen LogP contribution in [0.2, 0.25) is 0 Å². The summed E-state index contributed by atoms with van der Waals surface area (Å²) in [6.07, 6.45) is 0. The smallest absolute Gasteiger partial charge is 0.136 e. The Hall–Kier alpha value is -7.52. The molecule has 0 saturated heterocycles. The highest BCUT2D eigenvalue weighted by Crippen LogP contribution is 2.53. The molecule has 2 heterocycles. The van der Waals surface area contributed by atoms with Crippen molar-refractivity contribution in [3.8, 4) is 44.5 Å². The molecule has 1 nitrogen and oxygen atoms in total. The molecule has 1 aliphatic carbocycles. The molecule has 0 atom stereocenters. The van der Waals surface area contributed by atoms with E-state index in [1.54, 1.807) is 0 Å². The Morgan fingerprint density at radius 2 is 0.937 bits per heavy atom. The van der Waals surface area contributed by atoms with Crippen molar-refractivity contribution in [2.75, 3.05) is 0 Å². The van der Waals surface area contributed by atoms with Gasteiger partial charge in [-0.25, -0.2) is 0 Å². The van der Waals surface area contributed by atoms with E-state index < -0.39 is 0 Å². The summed E-state index contributed by atoms with van der Waals surface area (Å²) in [4.78, 5) is 0. The number of hydrogen-bond donors (Lipinski definition) is 0. The molecular formula is C61H38OS. The Labute approximate surface area is 368 Å². The average Bonchev–Trinajstić information content (AvgIpc) is 3.96. The van der Waals surface area contributed by atoms with Gasteiger partial charge in [0.15, 0.2) is 0 Å². The van der Waals surface area contributed by atoms with E-state index in [0.29, 0.717) is 0 Å². The highest BCUT2D eigenvalue weighted by molar-refractivity contribution is 7.26. The molecule has 0 radical (unpaired) electrons. The van der Waals surface area contributed by atoms with Gasteiger partial charge in [0.25, 0.3) is 0 Å². The van der Waals surface area contributed by atoms with E-state index in [1.165, 1.54) is 119 Å². The molecule has 0 aliphatic heterocycles. The molecule has 1 aliphatic rings. The Bertz CT molecular complexity index is 4060. The summed E-state index contributed by atoms with van der Waals surface area (Å²) in [5, 5.41) is 15.1. The molecule has 0 spiro atoms. The number of fused-ring (bicyclic) bond motifs is 14. The molecule has 11 aromatic carbocycles. The monoisotopic (exact) mass is 818 g/mol. The van der Waals surface area contributed by atoms with E-state index >= 15 is 0 Å². The highest BCUT2D eigenvalue weighted by Gasteiger charge is 2.36. The third kappa shape index (κ3) is 4.93. The van der Waals surface area contributed by atoms with Crippen molar-refractivity contribution in [2.24, 2.45) is 0 Å². The third-order valence-electron chi connectivity index (χ3n) is 14.2. The average molecular weight is 819 g/mol. The molecule has 0 saturated carbocycles. The molecule has 2 heteroatoms. The minimum atomic E-state index is -0.200. The van der Waals surface area contributed by atoms with Crippen LogP contribution in [0, 0.1) is 0 Å². The van der Waals surface area contributed by atoms with E-state index in [9.17, 15) is 0 Å². The first-order chi connectivity index (χ1) is 31.0. The standard InChI is InChI=1S/C61H38OS/c1-61(2)53-32-37(36-25-29-55-51(30-36)52-31-38-23-28-49-43-15-9-10-21-57(43)63-60(49)50(38)34-56(52)62-55)22-26-41(53)42-27-24-39(33-54(42)61)58-45-16-5-7-18-47(45)59(48-19-8-6-17-46(48)58)44-20-11-13-35-12-3-4-14-40(35)44/h3-34H,1-2H3. The van der Waals surface area contributed by atoms with E-state index in [4.69, 9.17) is 4.42 Å². The quantitative estimate of drug-likeness (QED) is 0.162. The first kappa shape index (κ1) is 35.1. The second kappa shape index (κ2) is 12.8. The lowest BCUT2D eigenvalue weighted by atomic mass is 9.80. The zero-order chi connectivity index (χ0) is 41.6. The Morgan fingerprint density at radius 1 is 0.349 bits per heavy atom. The van der Waals surface area contributed by atoms with Crippen LogP contribution in [0.5, 0.6) is 0 Å². The molecule has 63 heavy (non-hydrogen) atoms. The van der Waals surface area contributed by atoms with Crippen LogP contribution in [0.1, 0.15) is 25.0 Å². The summed E-state index contributed by atoms with van der Waals surface area (Å²) in [5.41, 5.74) is 14.6. The summed E-state index contributed by atoms with van der Waals surface area (Å²) in [6.45, 7) is 4.80. The molecule has 0 bridgehead atoms. The Kier molecular flexibility index (Phi) is 7.12. The lowest BCUT2D eigenvalue weighted by Crippen LogP contribution is -2.15. The van der Waals surface area contributed by atoms with Gasteiger partial charge >= 0.3 is 0 Å². The molecule has 294 valence electrons. The van der Waals surface area contributed by atoms with E-state index in [1.807, 2.05) is 11.3 Å². The van der Waals surface area contributed by atoms with Crippen molar-refractivity contribution in [3.05, 3.63) is 205 Å². The van der Waals surface area contributed by atoms with Crippen molar-refractivity contribution in [2.45, 2.75) is 19.3 Å². The molecule has 13 aromatic rings. The molecule has 14 rings (SSSR count). The Balaban J connectivity index is 0.883. The summed E-state index contributed by atoms with van der Waals surface area (Å²) >= 11 is 1.87. The zero-order valence-corrected chi connectivity index (χ0v) is 35.6. The fraction of sp³-hybridized carbons (Fsp3) is 0.0492. The molecule has 0 unspecified atom stereocenters. The van der Waals surface area contributed by atoms with Gasteiger partial charge in [0.05, 0.1) is 0 Å². The van der Waals surface area contributed by atoms with Gasteiger partial charge in [-0.3, -0.25) is 0 Å². The van der Waals surface area contributed by atoms with Crippen LogP contribution in [0.4, 0.5) is 0 Å². The van der Waals surface area contributed by atoms with Gasteiger partial charge in [0, 0.05) is 41.7 Å². The minimum Gasteiger partial charge on any atom is -0.456 e. The summed E-state index contributed by atoms with van der Waals surface area (Å²) in [7, 11) is 0. The summed E-state index contributed by atoms with van der Waals surface area (Å²) < 4.78 is 9.22. The van der Waals surface area contributed by atoms with E-state index in [2.05, 4.69) is 208 Å². The number of thiophene rings is 1. The van der Waals surface area contributed by atoms with Gasteiger partial charge in [-0.2, -0.15) is 0 Å². The molecule has 0 fully saturated rings. The van der Waals surface area contributed by atoms with Crippen LogP contribution in [0.15, 0.2) is 199 Å². The summed E-state index contributed by atoms with van der Waals surface area (Å²) in [6, 6.07) is 72.4. The van der Waals surface area contributed by atoms with Crippen LogP contribution < -0.4 is 0 Å². The zero-order valence-electron chi connectivity index (χ0n) is 34.8. The number of hydrogen-bond acceptors (Lipinski definition) is 2. The molecular weight excluding hydrogens is 781 g/mol. The van der Waals surface area contributed by atoms with Gasteiger partial charge < -0.3 is 4.42 Å². The number of benzene rings is 11. The van der Waals surface area contributed by atoms with E-state index in [0.717, 1.165) is 21.9 Å². The first-order valence-corrected chi connectivity index (χ1v) is 22.7. The topological polar surface area (TPSA) is 13.1 Å².